The van der Waals surface area contributed by atoms with Crippen molar-refractivity contribution in [3.8, 4) is 5.75 Å². The third-order valence-electron chi connectivity index (χ3n) is 3.45. The van der Waals surface area contributed by atoms with Gasteiger partial charge in [0.15, 0.2) is 0 Å². The molecule has 2 aromatic carbocycles. The summed E-state index contributed by atoms with van der Waals surface area (Å²) in [7, 11) is 1.69. The van der Waals surface area contributed by atoms with Gasteiger partial charge in [-0.2, -0.15) is 0 Å². The predicted molar refractivity (Wildman–Crippen MR) is 87.8 cm³/mol. The molecule has 0 aliphatic carbocycles. The second-order valence-corrected chi connectivity index (χ2v) is 5.39. The van der Waals surface area contributed by atoms with Gasteiger partial charge in [-0.3, -0.25) is 0 Å². The van der Waals surface area contributed by atoms with Gasteiger partial charge in [0.05, 0.1) is 7.11 Å². The van der Waals surface area contributed by atoms with Crippen LogP contribution in [-0.2, 0) is 13.0 Å². The Morgan fingerprint density at radius 2 is 1.86 bits per heavy atom. The fraction of sp³-hybridized carbons (Fsp3) is 0.294. The highest BCUT2D eigenvalue weighted by Gasteiger charge is 2.09. The second kappa shape index (κ2) is 8.03. The molecule has 112 valence electrons. The fourth-order valence-electron chi connectivity index (χ4n) is 2.25. The molecule has 1 atom stereocenters. The maximum Gasteiger partial charge on any atom is 0.123 e. The van der Waals surface area contributed by atoms with E-state index in [9.17, 15) is 0 Å². The first kappa shape index (κ1) is 15.8. The first-order valence-electron chi connectivity index (χ1n) is 7.02. The summed E-state index contributed by atoms with van der Waals surface area (Å²) in [5.74, 6) is 0.896. The predicted octanol–water partition coefficient (Wildman–Crippen LogP) is 3.01. The zero-order valence-corrected chi connectivity index (χ0v) is 12.9. The molecular formula is C17H21ClN2O. The summed E-state index contributed by atoms with van der Waals surface area (Å²) in [5, 5.41) is 4.24. The molecule has 21 heavy (non-hydrogen) atoms. The molecule has 0 amide bonds. The molecule has 0 saturated heterocycles. The number of halogens is 1. The minimum absolute atomic E-state index is 0.219. The number of benzene rings is 2. The first-order chi connectivity index (χ1) is 10.2. The van der Waals surface area contributed by atoms with E-state index in [-0.39, 0.29) is 6.04 Å². The molecule has 3 nitrogen and oxygen atoms in total. The van der Waals surface area contributed by atoms with Crippen molar-refractivity contribution in [2.24, 2.45) is 5.73 Å². The molecule has 0 aliphatic heterocycles. The van der Waals surface area contributed by atoms with Crippen LogP contribution < -0.4 is 15.8 Å². The van der Waals surface area contributed by atoms with E-state index in [4.69, 9.17) is 22.1 Å². The van der Waals surface area contributed by atoms with E-state index in [1.807, 2.05) is 42.5 Å². The number of ether oxygens (including phenoxy) is 1. The van der Waals surface area contributed by atoms with Crippen molar-refractivity contribution in [3.05, 3.63) is 64.7 Å². The molecular weight excluding hydrogens is 284 g/mol. The first-order valence-corrected chi connectivity index (χ1v) is 7.40. The second-order valence-electron chi connectivity index (χ2n) is 4.96. The van der Waals surface area contributed by atoms with Gasteiger partial charge in [0.25, 0.3) is 0 Å². The number of rotatable bonds is 7. The van der Waals surface area contributed by atoms with Crippen molar-refractivity contribution in [3.63, 3.8) is 0 Å². The average Bonchev–Trinajstić information content (AvgIpc) is 2.53. The lowest BCUT2D eigenvalue weighted by atomic mass is 10.1. The summed E-state index contributed by atoms with van der Waals surface area (Å²) in [6, 6.07) is 16.1. The van der Waals surface area contributed by atoms with Gasteiger partial charge in [0.1, 0.15) is 5.75 Å². The van der Waals surface area contributed by atoms with Crippen LogP contribution in [0, 0.1) is 0 Å². The Morgan fingerprint density at radius 1 is 1.14 bits per heavy atom. The summed E-state index contributed by atoms with van der Waals surface area (Å²) in [4.78, 5) is 0. The standard InChI is InChI=1S/C17H21ClN2O/c1-21-17-5-3-2-4-14(17)12-20-16(11-19)10-13-6-8-15(18)9-7-13/h2-9,16,20H,10-12,19H2,1H3. The topological polar surface area (TPSA) is 47.3 Å². The van der Waals surface area contributed by atoms with Gasteiger partial charge in [-0.1, -0.05) is 41.9 Å². The quantitative estimate of drug-likeness (QED) is 0.826. The number of hydrogen-bond donors (Lipinski definition) is 2. The molecule has 0 radical (unpaired) electrons. The molecule has 2 rings (SSSR count). The van der Waals surface area contributed by atoms with Gasteiger partial charge >= 0.3 is 0 Å². The van der Waals surface area contributed by atoms with E-state index in [2.05, 4.69) is 11.4 Å². The van der Waals surface area contributed by atoms with E-state index in [0.717, 1.165) is 29.3 Å². The van der Waals surface area contributed by atoms with Gasteiger partial charge in [-0.25, -0.2) is 0 Å². The highest BCUT2D eigenvalue weighted by Crippen LogP contribution is 2.17. The molecule has 2 aromatic rings. The molecule has 0 saturated carbocycles. The normalized spacial score (nSPS) is 12.1. The number of hydrogen-bond acceptors (Lipinski definition) is 3. The summed E-state index contributed by atoms with van der Waals surface area (Å²) in [6.07, 6.45) is 0.878. The molecule has 3 N–H and O–H groups in total. The number of nitrogens with one attached hydrogen (secondary N) is 1. The van der Waals surface area contributed by atoms with Crippen LogP contribution in [0.3, 0.4) is 0 Å². The number of methoxy groups -OCH3 is 1. The molecule has 0 aromatic heterocycles. The van der Waals surface area contributed by atoms with Crippen LogP contribution >= 0.6 is 11.6 Å². The molecule has 0 aliphatic rings. The Kier molecular flexibility index (Phi) is 6.05. The zero-order chi connectivity index (χ0) is 15.1. The summed E-state index contributed by atoms with van der Waals surface area (Å²) in [5.41, 5.74) is 8.22. The molecule has 1 unspecified atom stereocenters. The van der Waals surface area contributed by atoms with E-state index < -0.39 is 0 Å². The average molecular weight is 305 g/mol. The van der Waals surface area contributed by atoms with Gasteiger partial charge in [-0.15, -0.1) is 0 Å². The highest BCUT2D eigenvalue weighted by atomic mass is 35.5. The summed E-state index contributed by atoms with van der Waals surface area (Å²) in [6.45, 7) is 1.32. The van der Waals surface area contributed by atoms with Crippen LogP contribution in [0.4, 0.5) is 0 Å². The minimum atomic E-state index is 0.219. The minimum Gasteiger partial charge on any atom is -0.496 e. The van der Waals surface area contributed by atoms with E-state index in [1.165, 1.54) is 5.56 Å². The van der Waals surface area contributed by atoms with Gasteiger partial charge in [0, 0.05) is 29.7 Å². The van der Waals surface area contributed by atoms with Crippen LogP contribution in [0.25, 0.3) is 0 Å². The molecule has 0 heterocycles. The van der Waals surface area contributed by atoms with Crippen molar-refractivity contribution in [2.75, 3.05) is 13.7 Å². The molecule has 0 bridgehead atoms. The monoisotopic (exact) mass is 304 g/mol. The van der Waals surface area contributed by atoms with Crippen molar-refractivity contribution in [1.29, 1.82) is 0 Å². The summed E-state index contributed by atoms with van der Waals surface area (Å²) < 4.78 is 5.36. The number of para-hydroxylation sites is 1. The maximum absolute atomic E-state index is 5.90. The molecule has 0 spiro atoms. The van der Waals surface area contributed by atoms with Crippen LogP contribution in [0.5, 0.6) is 5.75 Å². The zero-order valence-electron chi connectivity index (χ0n) is 12.2. The van der Waals surface area contributed by atoms with Crippen molar-refractivity contribution >= 4 is 11.6 Å². The third kappa shape index (κ3) is 4.74. The van der Waals surface area contributed by atoms with Crippen LogP contribution in [0.15, 0.2) is 48.5 Å². The van der Waals surface area contributed by atoms with Gasteiger partial charge in [-0.05, 0) is 30.2 Å². The van der Waals surface area contributed by atoms with Crippen LogP contribution in [0.1, 0.15) is 11.1 Å². The lowest BCUT2D eigenvalue weighted by molar-refractivity contribution is 0.404. The summed E-state index contributed by atoms with van der Waals surface area (Å²) >= 11 is 5.90. The Bertz CT molecular complexity index is 557. The lowest BCUT2D eigenvalue weighted by Crippen LogP contribution is -2.37. The van der Waals surface area contributed by atoms with Crippen LogP contribution in [-0.4, -0.2) is 19.7 Å². The fourth-order valence-corrected chi connectivity index (χ4v) is 2.37. The Labute approximate surface area is 131 Å². The Balaban J connectivity index is 1.94. The van der Waals surface area contributed by atoms with Crippen molar-refractivity contribution in [1.82, 2.24) is 5.32 Å². The molecule has 0 fully saturated rings. The largest absolute Gasteiger partial charge is 0.496 e. The Hall–Kier alpha value is -1.55. The third-order valence-corrected chi connectivity index (χ3v) is 3.71. The lowest BCUT2D eigenvalue weighted by Gasteiger charge is -2.18. The van der Waals surface area contributed by atoms with E-state index in [1.54, 1.807) is 7.11 Å². The molecule has 4 heteroatoms. The maximum atomic E-state index is 5.90. The van der Waals surface area contributed by atoms with E-state index >= 15 is 0 Å². The highest BCUT2D eigenvalue weighted by molar-refractivity contribution is 6.30. The van der Waals surface area contributed by atoms with E-state index in [0.29, 0.717) is 6.54 Å². The smallest absolute Gasteiger partial charge is 0.123 e. The van der Waals surface area contributed by atoms with Crippen LogP contribution in [0.2, 0.25) is 5.02 Å². The van der Waals surface area contributed by atoms with Gasteiger partial charge in [0.2, 0.25) is 0 Å². The Morgan fingerprint density at radius 3 is 2.52 bits per heavy atom. The SMILES string of the molecule is COc1ccccc1CNC(CN)Cc1ccc(Cl)cc1. The van der Waals surface area contributed by atoms with Gasteiger partial charge < -0.3 is 15.8 Å². The van der Waals surface area contributed by atoms with Crippen molar-refractivity contribution in [2.45, 2.75) is 19.0 Å². The number of nitrogens with two attached hydrogens (primary N) is 1. The van der Waals surface area contributed by atoms with Crippen molar-refractivity contribution < 1.29 is 4.74 Å².